The van der Waals surface area contributed by atoms with Gasteiger partial charge in [0.25, 0.3) is 0 Å². The lowest BCUT2D eigenvalue weighted by Gasteiger charge is -2.36. The molecule has 1 rings (SSSR count). The lowest BCUT2D eigenvalue weighted by Crippen LogP contribution is -2.36. The smallest absolute Gasteiger partial charge is 0.164 e. The first-order chi connectivity index (χ1) is 5.87. The van der Waals surface area contributed by atoms with Crippen molar-refractivity contribution < 1.29 is 4.79 Å². The van der Waals surface area contributed by atoms with Crippen molar-refractivity contribution in [3.8, 4) is 0 Å². The van der Waals surface area contributed by atoms with Crippen molar-refractivity contribution in [3.63, 3.8) is 0 Å². The lowest BCUT2D eigenvalue weighted by molar-refractivity contribution is -0.125. The van der Waals surface area contributed by atoms with Gasteiger partial charge in [0.15, 0.2) is 5.78 Å². The summed E-state index contributed by atoms with van der Waals surface area (Å²) in [7, 11) is 0. The quantitative estimate of drug-likeness (QED) is 0.564. The molecule has 1 nitrogen and oxygen atoms in total. The third-order valence-corrected chi connectivity index (χ3v) is 3.07. The predicted octanol–water partition coefficient (Wildman–Crippen LogP) is 3.12. The average molecular weight is 178 g/mol. The summed E-state index contributed by atoms with van der Waals surface area (Å²) in [6, 6.07) is 0. The summed E-state index contributed by atoms with van der Waals surface area (Å²) in [5, 5.41) is 0. The molecule has 13 heavy (non-hydrogen) atoms. The Hall–Kier alpha value is -0.850. The largest absolute Gasteiger partial charge is 0.294 e. The van der Waals surface area contributed by atoms with E-state index < -0.39 is 0 Å². The summed E-state index contributed by atoms with van der Waals surface area (Å²) < 4.78 is 0. The van der Waals surface area contributed by atoms with Crippen molar-refractivity contribution in [1.29, 1.82) is 0 Å². The number of ketones is 1. The van der Waals surface area contributed by atoms with Gasteiger partial charge in [0.05, 0.1) is 0 Å². The van der Waals surface area contributed by atoms with Crippen molar-refractivity contribution >= 4 is 5.78 Å². The Balaban J connectivity index is 3.07. The molecule has 0 aromatic carbocycles. The third-order valence-electron chi connectivity index (χ3n) is 3.07. The minimum absolute atomic E-state index is 0.259. The van der Waals surface area contributed by atoms with E-state index in [-0.39, 0.29) is 11.2 Å². The Morgan fingerprint density at radius 2 is 2.15 bits per heavy atom. The molecule has 1 atom stereocenters. The first-order valence-corrected chi connectivity index (χ1v) is 4.74. The van der Waals surface area contributed by atoms with Crippen LogP contribution >= 0.6 is 0 Å². The Morgan fingerprint density at radius 3 is 2.62 bits per heavy atom. The molecule has 0 aromatic heterocycles. The maximum absolute atomic E-state index is 11.9. The van der Waals surface area contributed by atoms with Crippen molar-refractivity contribution in [3.05, 3.63) is 23.8 Å². The van der Waals surface area contributed by atoms with Crippen LogP contribution in [0, 0.1) is 11.3 Å². The molecule has 0 bridgehead atoms. The number of hydrogen-bond donors (Lipinski definition) is 0. The van der Waals surface area contributed by atoms with Crippen molar-refractivity contribution in [2.75, 3.05) is 0 Å². The van der Waals surface area contributed by atoms with Gasteiger partial charge in [0.2, 0.25) is 0 Å². The summed E-state index contributed by atoms with van der Waals surface area (Å²) >= 11 is 0. The Bertz CT molecular complexity index is 281. The molecule has 0 radical (unpaired) electrons. The zero-order chi connectivity index (χ0) is 10.2. The number of carbonyl (C=O) groups excluding carboxylic acids is 1. The topological polar surface area (TPSA) is 17.1 Å². The zero-order valence-electron chi connectivity index (χ0n) is 8.98. The maximum Gasteiger partial charge on any atom is 0.164 e. The van der Waals surface area contributed by atoms with Crippen LogP contribution in [0.25, 0.3) is 0 Å². The molecule has 1 heteroatoms. The standard InChI is InChI=1S/C12H18O/c1-8(2)10-7-6-9(3)11(13)12(10,4)5/h6,10H,1,7H2,2-5H3. The van der Waals surface area contributed by atoms with Crippen molar-refractivity contribution in [2.24, 2.45) is 11.3 Å². The highest BCUT2D eigenvalue weighted by atomic mass is 16.1. The summed E-state index contributed by atoms with van der Waals surface area (Å²) in [5.41, 5.74) is 1.76. The normalized spacial score (nSPS) is 26.9. The molecule has 0 spiro atoms. The Morgan fingerprint density at radius 1 is 1.62 bits per heavy atom. The summed E-state index contributed by atoms with van der Waals surface area (Å²) in [5.74, 6) is 0.579. The first kappa shape index (κ1) is 10.2. The van der Waals surface area contributed by atoms with Crippen LogP contribution in [0.3, 0.4) is 0 Å². The van der Waals surface area contributed by atoms with Crippen LogP contribution in [0.2, 0.25) is 0 Å². The second kappa shape index (κ2) is 3.13. The van der Waals surface area contributed by atoms with Crippen LogP contribution < -0.4 is 0 Å². The molecular formula is C12H18O. The minimum Gasteiger partial charge on any atom is -0.294 e. The van der Waals surface area contributed by atoms with Gasteiger partial charge in [-0.25, -0.2) is 0 Å². The van der Waals surface area contributed by atoms with E-state index in [4.69, 9.17) is 0 Å². The number of hydrogen-bond acceptors (Lipinski definition) is 1. The Labute approximate surface area is 80.5 Å². The fourth-order valence-corrected chi connectivity index (χ4v) is 2.17. The van der Waals surface area contributed by atoms with Crippen LogP contribution in [0.4, 0.5) is 0 Å². The van der Waals surface area contributed by atoms with Crippen molar-refractivity contribution in [2.45, 2.75) is 34.1 Å². The van der Waals surface area contributed by atoms with Gasteiger partial charge in [0.1, 0.15) is 0 Å². The van der Waals surface area contributed by atoms with Crippen molar-refractivity contribution in [1.82, 2.24) is 0 Å². The lowest BCUT2D eigenvalue weighted by atomic mass is 9.66. The van der Waals surface area contributed by atoms with Gasteiger partial charge in [-0.2, -0.15) is 0 Å². The second-order valence-corrected chi connectivity index (χ2v) is 4.57. The summed E-state index contributed by atoms with van der Waals surface area (Å²) in [4.78, 5) is 11.9. The molecule has 72 valence electrons. The summed E-state index contributed by atoms with van der Waals surface area (Å²) in [6.07, 6.45) is 2.99. The van der Waals surface area contributed by atoms with Crippen LogP contribution in [0.15, 0.2) is 23.8 Å². The molecular weight excluding hydrogens is 160 g/mol. The molecule has 0 saturated carbocycles. The van der Waals surface area contributed by atoms with Crippen LogP contribution in [-0.2, 0) is 4.79 Å². The van der Waals surface area contributed by atoms with E-state index in [0.717, 1.165) is 17.6 Å². The van der Waals surface area contributed by atoms with Crippen LogP contribution in [-0.4, -0.2) is 5.78 Å². The van der Waals surface area contributed by atoms with E-state index in [1.807, 2.05) is 33.8 Å². The molecule has 0 aromatic rings. The fraction of sp³-hybridized carbons (Fsp3) is 0.583. The third kappa shape index (κ3) is 1.60. The van der Waals surface area contributed by atoms with Gasteiger partial charge < -0.3 is 0 Å². The van der Waals surface area contributed by atoms with E-state index >= 15 is 0 Å². The Kier molecular flexibility index (Phi) is 2.47. The van der Waals surface area contributed by atoms with Crippen LogP contribution in [0.5, 0.6) is 0 Å². The SMILES string of the molecule is C=C(C)C1CC=C(C)C(=O)C1(C)C. The van der Waals surface area contributed by atoms with Gasteiger partial charge in [-0.1, -0.05) is 32.1 Å². The molecule has 1 unspecified atom stereocenters. The molecule has 1 aliphatic carbocycles. The summed E-state index contributed by atoms with van der Waals surface area (Å²) in [6.45, 7) is 11.9. The molecule has 0 heterocycles. The average Bonchev–Trinajstić information content (AvgIpc) is 1.99. The molecule has 0 saturated heterocycles. The number of rotatable bonds is 1. The minimum atomic E-state index is -0.259. The van der Waals surface area contributed by atoms with Gasteiger partial charge in [-0.05, 0) is 31.8 Å². The highest BCUT2D eigenvalue weighted by Gasteiger charge is 2.39. The van der Waals surface area contributed by atoms with E-state index in [9.17, 15) is 4.79 Å². The monoisotopic (exact) mass is 178 g/mol. The molecule has 0 N–H and O–H groups in total. The highest BCUT2D eigenvalue weighted by Crippen LogP contribution is 2.40. The zero-order valence-corrected chi connectivity index (χ0v) is 8.98. The van der Waals surface area contributed by atoms with E-state index in [1.54, 1.807) is 0 Å². The molecule has 1 aliphatic rings. The predicted molar refractivity (Wildman–Crippen MR) is 55.5 cm³/mol. The number of carbonyl (C=O) groups is 1. The van der Waals surface area contributed by atoms with Gasteiger partial charge in [0, 0.05) is 5.41 Å². The van der Waals surface area contributed by atoms with Gasteiger partial charge in [-0.15, -0.1) is 0 Å². The van der Waals surface area contributed by atoms with Gasteiger partial charge >= 0.3 is 0 Å². The van der Waals surface area contributed by atoms with E-state index in [1.165, 1.54) is 0 Å². The molecule has 0 fully saturated rings. The number of allylic oxidation sites excluding steroid dienone is 3. The second-order valence-electron chi connectivity index (χ2n) is 4.57. The fourth-order valence-electron chi connectivity index (χ4n) is 2.17. The molecule has 0 amide bonds. The molecule has 0 aliphatic heterocycles. The van der Waals surface area contributed by atoms with E-state index in [2.05, 4.69) is 6.58 Å². The first-order valence-electron chi connectivity index (χ1n) is 4.74. The highest BCUT2D eigenvalue weighted by molar-refractivity contribution is 6.00. The van der Waals surface area contributed by atoms with E-state index in [0.29, 0.717) is 5.92 Å². The number of Topliss-reactive ketones (excluding diaryl/α,β-unsaturated/α-hetero) is 1. The van der Waals surface area contributed by atoms with Crippen LogP contribution in [0.1, 0.15) is 34.1 Å². The maximum atomic E-state index is 11.9. The van der Waals surface area contributed by atoms with Gasteiger partial charge in [-0.3, -0.25) is 4.79 Å².